The molecule has 0 fully saturated rings. The third kappa shape index (κ3) is 3.72. The fourth-order valence-corrected chi connectivity index (χ4v) is 1.44. The molecule has 0 aliphatic carbocycles. The predicted octanol–water partition coefficient (Wildman–Crippen LogP) is 1.99. The number of hydrazine groups is 1. The van der Waals surface area contributed by atoms with Gasteiger partial charge in [-0.2, -0.15) is 0 Å². The number of halogens is 1. The van der Waals surface area contributed by atoms with E-state index in [1.165, 1.54) is 0 Å². The number of rotatable bonds is 4. The first-order valence-electron chi connectivity index (χ1n) is 5.10. The summed E-state index contributed by atoms with van der Waals surface area (Å²) in [7, 11) is 0. The molecular weight excluding hydrogens is 226 g/mol. The number of hydrogen-bond acceptors (Lipinski definition) is 3. The van der Waals surface area contributed by atoms with Crippen LogP contribution in [0.25, 0.3) is 0 Å². The van der Waals surface area contributed by atoms with Crippen molar-refractivity contribution in [2.24, 2.45) is 10.8 Å². The topological polar surface area (TPSA) is 59.6 Å². The van der Waals surface area contributed by atoms with E-state index >= 15 is 0 Å². The van der Waals surface area contributed by atoms with Gasteiger partial charge < -0.3 is 10.2 Å². The van der Waals surface area contributed by atoms with Crippen LogP contribution in [0.4, 0.5) is 0 Å². The molecule has 1 atom stereocenters. The number of nitrogens with two attached hydrogens (primary N) is 1. The van der Waals surface area contributed by atoms with Gasteiger partial charge in [0.2, 0.25) is 0 Å². The molecule has 88 valence electrons. The highest BCUT2D eigenvalue weighted by atomic mass is 35.5. The van der Waals surface area contributed by atoms with Crippen LogP contribution in [0.5, 0.6) is 5.75 Å². The van der Waals surface area contributed by atoms with E-state index in [1.807, 2.05) is 26.0 Å². The van der Waals surface area contributed by atoms with Crippen molar-refractivity contribution in [1.82, 2.24) is 5.43 Å². The predicted molar refractivity (Wildman–Crippen MR) is 66.8 cm³/mol. The van der Waals surface area contributed by atoms with E-state index in [4.69, 9.17) is 22.2 Å². The molecule has 1 aromatic carbocycles. The van der Waals surface area contributed by atoms with E-state index in [0.29, 0.717) is 23.2 Å². The Balaban J connectivity index is 2.70. The number of amidine groups is 1. The number of benzene rings is 1. The maximum absolute atomic E-state index is 5.85. The summed E-state index contributed by atoms with van der Waals surface area (Å²) in [5.74, 6) is 6.66. The van der Waals surface area contributed by atoms with Crippen molar-refractivity contribution in [3.63, 3.8) is 0 Å². The molecule has 1 unspecified atom stereocenters. The molecule has 0 heterocycles. The zero-order valence-electron chi connectivity index (χ0n) is 9.40. The van der Waals surface area contributed by atoms with Crippen LogP contribution in [0.15, 0.2) is 29.3 Å². The third-order valence-electron chi connectivity index (χ3n) is 1.97. The minimum atomic E-state index is -0.233. The Bertz CT molecular complexity index is 368. The van der Waals surface area contributed by atoms with Gasteiger partial charge in [0.1, 0.15) is 5.75 Å². The second-order valence-electron chi connectivity index (χ2n) is 3.22. The Hall–Kier alpha value is -1.26. The summed E-state index contributed by atoms with van der Waals surface area (Å²) in [6.07, 6.45) is -0.233. The summed E-state index contributed by atoms with van der Waals surface area (Å²) in [5.41, 5.74) is 2.53. The van der Waals surface area contributed by atoms with Crippen LogP contribution >= 0.6 is 11.6 Å². The van der Waals surface area contributed by atoms with Crippen molar-refractivity contribution in [2.45, 2.75) is 20.0 Å². The smallest absolute Gasteiger partial charge is 0.154 e. The summed E-state index contributed by atoms with van der Waals surface area (Å²) in [4.78, 5) is 4.18. The zero-order chi connectivity index (χ0) is 12.0. The molecule has 3 N–H and O–H groups in total. The standard InChI is InChI=1S/C11H16ClN3O/c1-3-14-11(15-13)8(2)16-10-6-4-5-9(12)7-10/h4-8H,3,13H2,1-2H3,(H,14,15). The molecule has 0 amide bonds. The van der Waals surface area contributed by atoms with Crippen LogP contribution in [0.2, 0.25) is 5.02 Å². The Morgan fingerprint density at radius 2 is 2.38 bits per heavy atom. The lowest BCUT2D eigenvalue weighted by Gasteiger charge is -2.16. The van der Waals surface area contributed by atoms with Gasteiger partial charge in [0, 0.05) is 11.6 Å². The maximum atomic E-state index is 5.85. The second kappa shape index (κ2) is 6.35. The average molecular weight is 242 g/mol. The number of nitrogens with one attached hydrogen (secondary N) is 1. The van der Waals surface area contributed by atoms with Crippen LogP contribution in [0.3, 0.4) is 0 Å². The molecular formula is C11H16ClN3O. The zero-order valence-corrected chi connectivity index (χ0v) is 10.2. The molecule has 0 aromatic heterocycles. The summed E-state index contributed by atoms with van der Waals surface area (Å²) >= 11 is 5.85. The first-order chi connectivity index (χ1) is 7.67. The highest BCUT2D eigenvalue weighted by molar-refractivity contribution is 6.30. The summed E-state index contributed by atoms with van der Waals surface area (Å²) in [6, 6.07) is 7.21. The van der Waals surface area contributed by atoms with Crippen molar-refractivity contribution in [1.29, 1.82) is 0 Å². The number of ether oxygens (including phenoxy) is 1. The summed E-state index contributed by atoms with van der Waals surface area (Å²) < 4.78 is 5.64. The van der Waals surface area contributed by atoms with Crippen LogP contribution in [-0.4, -0.2) is 18.5 Å². The number of aliphatic imine (C=N–C) groups is 1. The largest absolute Gasteiger partial charge is 0.483 e. The molecule has 0 radical (unpaired) electrons. The Kier molecular flexibility index (Phi) is 5.08. The molecule has 1 rings (SSSR count). The lowest BCUT2D eigenvalue weighted by atomic mass is 10.3. The molecule has 0 aliphatic heterocycles. The SMILES string of the molecule is CCN=C(NN)C(C)Oc1cccc(Cl)c1. The van der Waals surface area contributed by atoms with Crippen LogP contribution in [0.1, 0.15) is 13.8 Å². The Morgan fingerprint density at radius 3 is 2.94 bits per heavy atom. The van der Waals surface area contributed by atoms with Gasteiger partial charge in [-0.1, -0.05) is 17.7 Å². The van der Waals surface area contributed by atoms with Gasteiger partial charge in [0.25, 0.3) is 0 Å². The molecule has 0 spiro atoms. The fraction of sp³-hybridized carbons (Fsp3) is 0.364. The molecule has 0 aliphatic rings. The quantitative estimate of drug-likeness (QED) is 0.367. The molecule has 0 saturated carbocycles. The van der Waals surface area contributed by atoms with Gasteiger partial charge in [-0.05, 0) is 32.0 Å². The van der Waals surface area contributed by atoms with Crippen molar-refractivity contribution in [3.8, 4) is 5.75 Å². The van der Waals surface area contributed by atoms with Crippen LogP contribution in [0, 0.1) is 0 Å². The highest BCUT2D eigenvalue weighted by Gasteiger charge is 2.10. The third-order valence-corrected chi connectivity index (χ3v) is 2.21. The average Bonchev–Trinajstić information content (AvgIpc) is 2.25. The second-order valence-corrected chi connectivity index (χ2v) is 3.66. The molecule has 16 heavy (non-hydrogen) atoms. The fourth-order valence-electron chi connectivity index (χ4n) is 1.26. The number of hydrogen-bond donors (Lipinski definition) is 2. The molecule has 4 nitrogen and oxygen atoms in total. The van der Waals surface area contributed by atoms with E-state index in [9.17, 15) is 0 Å². The van der Waals surface area contributed by atoms with E-state index in [0.717, 1.165) is 0 Å². The van der Waals surface area contributed by atoms with E-state index < -0.39 is 0 Å². The molecule has 0 saturated heterocycles. The Labute approximate surface area is 100 Å². The van der Waals surface area contributed by atoms with Gasteiger partial charge in [0.05, 0.1) is 0 Å². The van der Waals surface area contributed by atoms with Crippen molar-refractivity contribution in [3.05, 3.63) is 29.3 Å². The minimum absolute atomic E-state index is 0.233. The normalized spacial score (nSPS) is 13.4. The van der Waals surface area contributed by atoms with E-state index in [-0.39, 0.29) is 6.10 Å². The first-order valence-corrected chi connectivity index (χ1v) is 5.48. The highest BCUT2D eigenvalue weighted by Crippen LogP contribution is 2.18. The van der Waals surface area contributed by atoms with Gasteiger partial charge in [-0.15, -0.1) is 0 Å². The van der Waals surface area contributed by atoms with Gasteiger partial charge in [-0.3, -0.25) is 4.99 Å². The molecule has 5 heteroatoms. The van der Waals surface area contributed by atoms with Gasteiger partial charge in [-0.25, -0.2) is 5.84 Å². The molecule has 0 bridgehead atoms. The lowest BCUT2D eigenvalue weighted by Crippen LogP contribution is -2.40. The lowest BCUT2D eigenvalue weighted by molar-refractivity contribution is 0.282. The monoisotopic (exact) mass is 241 g/mol. The van der Waals surface area contributed by atoms with Gasteiger partial charge >= 0.3 is 0 Å². The van der Waals surface area contributed by atoms with E-state index in [2.05, 4.69) is 10.4 Å². The van der Waals surface area contributed by atoms with Crippen molar-refractivity contribution >= 4 is 17.4 Å². The Morgan fingerprint density at radius 1 is 1.62 bits per heavy atom. The first kappa shape index (κ1) is 12.8. The van der Waals surface area contributed by atoms with Gasteiger partial charge in [0.15, 0.2) is 11.9 Å². The van der Waals surface area contributed by atoms with Crippen molar-refractivity contribution < 1.29 is 4.74 Å². The maximum Gasteiger partial charge on any atom is 0.154 e. The van der Waals surface area contributed by atoms with Crippen LogP contribution < -0.4 is 16.0 Å². The van der Waals surface area contributed by atoms with Crippen LogP contribution in [-0.2, 0) is 0 Å². The van der Waals surface area contributed by atoms with E-state index in [1.54, 1.807) is 12.1 Å². The summed E-state index contributed by atoms with van der Waals surface area (Å²) in [5, 5.41) is 0.638. The minimum Gasteiger partial charge on any atom is -0.483 e. The van der Waals surface area contributed by atoms with Crippen molar-refractivity contribution in [2.75, 3.05) is 6.54 Å². The summed E-state index contributed by atoms with van der Waals surface area (Å²) in [6.45, 7) is 4.46. The number of nitrogens with zero attached hydrogens (tertiary/aromatic N) is 1. The molecule has 1 aromatic rings.